The van der Waals surface area contributed by atoms with Crippen molar-refractivity contribution in [3.05, 3.63) is 30.1 Å². The van der Waals surface area contributed by atoms with E-state index >= 15 is 0 Å². The van der Waals surface area contributed by atoms with Gasteiger partial charge in [-0.05, 0) is 13.8 Å². The van der Waals surface area contributed by atoms with Crippen molar-refractivity contribution in [2.24, 2.45) is 0 Å². The summed E-state index contributed by atoms with van der Waals surface area (Å²) in [6, 6.07) is 0. The molecule has 1 N–H and O–H groups in total. The number of rotatable bonds is 4. The van der Waals surface area contributed by atoms with Gasteiger partial charge in [-0.2, -0.15) is 0 Å². The first-order valence-electron chi connectivity index (χ1n) is 5.27. The maximum atomic E-state index is 9.33. The molecule has 2 rings (SSSR count). The Kier molecular flexibility index (Phi) is 3.00. The molecule has 2 heterocycles. The number of aliphatic hydroxyl groups excluding tert-OH is 1. The Bertz CT molecular complexity index is 459. The third kappa shape index (κ3) is 2.11. The van der Waals surface area contributed by atoms with Gasteiger partial charge in [-0.15, -0.1) is 5.10 Å². The summed E-state index contributed by atoms with van der Waals surface area (Å²) in [6.45, 7) is 5.24. The lowest BCUT2D eigenvalue weighted by molar-refractivity contribution is 0.194. The predicted octanol–water partition coefficient (Wildman–Crippen LogP) is 0.596. The van der Waals surface area contributed by atoms with Gasteiger partial charge in [0.25, 0.3) is 0 Å². The highest BCUT2D eigenvalue weighted by Crippen LogP contribution is 2.08. The molecule has 0 spiro atoms. The summed E-state index contributed by atoms with van der Waals surface area (Å²) < 4.78 is 3.74. The molecule has 0 bridgehead atoms. The van der Waals surface area contributed by atoms with E-state index in [1.807, 2.05) is 10.8 Å². The zero-order valence-corrected chi connectivity index (χ0v) is 9.41. The van der Waals surface area contributed by atoms with E-state index in [0.29, 0.717) is 12.2 Å². The van der Waals surface area contributed by atoms with Crippen LogP contribution in [0, 0.1) is 0 Å². The van der Waals surface area contributed by atoms with Crippen LogP contribution in [0.3, 0.4) is 0 Å². The quantitative estimate of drug-likeness (QED) is 0.820. The van der Waals surface area contributed by atoms with Crippen molar-refractivity contribution in [3.8, 4) is 0 Å². The molecule has 0 aliphatic rings. The van der Waals surface area contributed by atoms with E-state index in [0.717, 1.165) is 12.2 Å². The third-order valence-electron chi connectivity index (χ3n) is 2.45. The summed E-state index contributed by atoms with van der Waals surface area (Å²) in [6.07, 6.45) is 4.78. The summed E-state index contributed by atoms with van der Waals surface area (Å²) in [5.74, 6) is 0. The minimum atomic E-state index is -0.579. The molecule has 1 atom stereocenters. The van der Waals surface area contributed by atoms with Crippen molar-refractivity contribution in [2.75, 3.05) is 0 Å². The average molecular weight is 221 g/mol. The average Bonchev–Trinajstić information content (AvgIpc) is 2.87. The fraction of sp³-hybridized carbons (Fsp3) is 0.500. The van der Waals surface area contributed by atoms with Crippen molar-refractivity contribution >= 4 is 0 Å². The van der Waals surface area contributed by atoms with Crippen molar-refractivity contribution in [2.45, 2.75) is 33.0 Å². The van der Waals surface area contributed by atoms with Crippen LogP contribution in [0.5, 0.6) is 0 Å². The molecule has 0 radical (unpaired) electrons. The van der Waals surface area contributed by atoms with E-state index in [9.17, 15) is 5.11 Å². The van der Waals surface area contributed by atoms with Gasteiger partial charge < -0.3 is 9.67 Å². The van der Waals surface area contributed by atoms with Crippen LogP contribution in [0.1, 0.15) is 31.3 Å². The fourth-order valence-corrected chi connectivity index (χ4v) is 1.51. The zero-order valence-electron chi connectivity index (χ0n) is 9.41. The smallest absolute Gasteiger partial charge is 0.111 e. The van der Waals surface area contributed by atoms with Crippen LogP contribution in [0.15, 0.2) is 18.7 Å². The van der Waals surface area contributed by atoms with Gasteiger partial charge in [-0.3, -0.25) is 0 Å². The molecular weight excluding hydrogens is 206 g/mol. The monoisotopic (exact) mass is 221 g/mol. The van der Waals surface area contributed by atoms with Crippen LogP contribution >= 0.6 is 0 Å². The second-order valence-electron chi connectivity index (χ2n) is 3.69. The van der Waals surface area contributed by atoms with Gasteiger partial charge in [0.2, 0.25) is 0 Å². The van der Waals surface area contributed by atoms with Crippen molar-refractivity contribution in [1.82, 2.24) is 24.5 Å². The van der Waals surface area contributed by atoms with Crippen LogP contribution in [0.4, 0.5) is 0 Å². The lowest BCUT2D eigenvalue weighted by Crippen LogP contribution is -2.06. The summed E-state index contributed by atoms with van der Waals surface area (Å²) >= 11 is 0. The summed E-state index contributed by atoms with van der Waals surface area (Å²) in [4.78, 5) is 4.08. The molecule has 86 valence electrons. The number of aliphatic hydroxyl groups is 1. The minimum absolute atomic E-state index is 0.579. The molecule has 6 heteroatoms. The van der Waals surface area contributed by atoms with Crippen LogP contribution in [-0.2, 0) is 13.1 Å². The first kappa shape index (κ1) is 10.8. The Balaban J connectivity index is 2.14. The summed E-state index contributed by atoms with van der Waals surface area (Å²) in [5.41, 5.74) is 1.66. The molecule has 0 fully saturated rings. The second kappa shape index (κ2) is 4.44. The van der Waals surface area contributed by atoms with Crippen LogP contribution in [0.2, 0.25) is 0 Å². The highest BCUT2D eigenvalue weighted by Gasteiger charge is 2.08. The molecule has 0 aromatic carbocycles. The molecule has 1 unspecified atom stereocenters. The van der Waals surface area contributed by atoms with E-state index in [4.69, 9.17) is 0 Å². The van der Waals surface area contributed by atoms with E-state index in [-0.39, 0.29) is 0 Å². The van der Waals surface area contributed by atoms with Crippen LogP contribution in [0.25, 0.3) is 0 Å². The topological polar surface area (TPSA) is 68.8 Å². The highest BCUT2D eigenvalue weighted by atomic mass is 16.3. The van der Waals surface area contributed by atoms with Gasteiger partial charge in [0.1, 0.15) is 5.69 Å². The van der Waals surface area contributed by atoms with E-state index < -0.39 is 6.10 Å². The van der Waals surface area contributed by atoms with Crippen molar-refractivity contribution < 1.29 is 5.11 Å². The first-order chi connectivity index (χ1) is 7.70. The standard InChI is InChI=1S/C10H15N5O/c1-3-14-7-11-4-9(14)5-15-6-10(8(2)16)12-13-15/h4,6-8,16H,3,5H2,1-2H3. The lowest BCUT2D eigenvalue weighted by atomic mass is 10.3. The first-order valence-corrected chi connectivity index (χ1v) is 5.27. The lowest BCUT2D eigenvalue weighted by Gasteiger charge is -2.04. The van der Waals surface area contributed by atoms with Gasteiger partial charge in [-0.25, -0.2) is 9.67 Å². The highest BCUT2D eigenvalue weighted by molar-refractivity contribution is 5.01. The number of aryl methyl sites for hydroxylation is 1. The maximum Gasteiger partial charge on any atom is 0.111 e. The number of hydrogen-bond donors (Lipinski definition) is 1. The van der Waals surface area contributed by atoms with Gasteiger partial charge in [0.15, 0.2) is 0 Å². The second-order valence-corrected chi connectivity index (χ2v) is 3.69. The van der Waals surface area contributed by atoms with Gasteiger partial charge >= 0.3 is 0 Å². The van der Waals surface area contributed by atoms with E-state index in [1.54, 1.807) is 24.1 Å². The third-order valence-corrected chi connectivity index (χ3v) is 2.45. The van der Waals surface area contributed by atoms with Crippen molar-refractivity contribution in [3.63, 3.8) is 0 Å². The Morgan fingerprint density at radius 3 is 2.94 bits per heavy atom. The number of imidazole rings is 1. The van der Waals surface area contributed by atoms with Gasteiger partial charge in [-0.1, -0.05) is 5.21 Å². The fourth-order valence-electron chi connectivity index (χ4n) is 1.51. The number of aromatic nitrogens is 5. The number of hydrogen-bond acceptors (Lipinski definition) is 4. The largest absolute Gasteiger partial charge is 0.387 e. The Hall–Kier alpha value is -1.69. The molecule has 6 nitrogen and oxygen atoms in total. The van der Waals surface area contributed by atoms with Gasteiger partial charge in [0.05, 0.1) is 37.1 Å². The normalized spacial score (nSPS) is 12.9. The zero-order chi connectivity index (χ0) is 11.5. The number of nitrogens with zero attached hydrogens (tertiary/aromatic N) is 5. The SMILES string of the molecule is CCn1cncc1Cn1cc(C(C)O)nn1. The van der Waals surface area contributed by atoms with Crippen LogP contribution < -0.4 is 0 Å². The molecule has 0 aliphatic carbocycles. The minimum Gasteiger partial charge on any atom is -0.387 e. The summed E-state index contributed by atoms with van der Waals surface area (Å²) in [5, 5.41) is 17.2. The molecular formula is C10H15N5O. The van der Waals surface area contributed by atoms with Crippen LogP contribution in [-0.4, -0.2) is 29.7 Å². The predicted molar refractivity (Wildman–Crippen MR) is 57.7 cm³/mol. The Morgan fingerprint density at radius 1 is 1.50 bits per heavy atom. The van der Waals surface area contributed by atoms with E-state index in [1.165, 1.54) is 0 Å². The molecule has 0 amide bonds. The maximum absolute atomic E-state index is 9.33. The molecule has 2 aromatic rings. The molecule has 0 aliphatic heterocycles. The molecule has 2 aromatic heterocycles. The Morgan fingerprint density at radius 2 is 2.31 bits per heavy atom. The molecule has 0 saturated carbocycles. The Labute approximate surface area is 93.5 Å². The van der Waals surface area contributed by atoms with Crippen molar-refractivity contribution in [1.29, 1.82) is 0 Å². The molecule has 0 saturated heterocycles. The summed E-state index contributed by atoms with van der Waals surface area (Å²) in [7, 11) is 0. The van der Waals surface area contributed by atoms with E-state index in [2.05, 4.69) is 22.2 Å². The molecule has 16 heavy (non-hydrogen) atoms. The van der Waals surface area contributed by atoms with Gasteiger partial charge in [0, 0.05) is 6.54 Å².